The topological polar surface area (TPSA) is 36.7 Å². The maximum absolute atomic E-state index is 8.53. The normalized spacial score (nSPS) is 10.1. The molecule has 0 saturated heterocycles. The molecule has 1 aromatic heterocycles. The summed E-state index contributed by atoms with van der Waals surface area (Å²) in [4.78, 5) is 4.52. The van der Waals surface area contributed by atoms with Crippen molar-refractivity contribution >= 4 is 10.9 Å². The number of para-hydroxylation sites is 1. The highest BCUT2D eigenvalue weighted by molar-refractivity contribution is 5.81. The second-order valence-electron chi connectivity index (χ2n) is 3.61. The Morgan fingerprint density at radius 3 is 2.93 bits per heavy atom. The Balaban J connectivity index is 2.49. The maximum Gasteiger partial charge on any atom is 0.0707 e. The van der Waals surface area contributed by atoms with Crippen molar-refractivity contribution in [1.29, 1.82) is 5.26 Å². The first kappa shape index (κ1) is 9.67. The molecule has 0 bridgehead atoms. The van der Waals surface area contributed by atoms with Gasteiger partial charge in [-0.2, -0.15) is 5.26 Å². The molecule has 0 unspecified atom stereocenters. The molecule has 2 aromatic rings. The smallest absolute Gasteiger partial charge is 0.0707 e. The number of hydrogen-bond donors (Lipinski definition) is 0. The Hall–Kier alpha value is -1.88. The van der Waals surface area contributed by atoms with Crippen molar-refractivity contribution in [3.8, 4) is 6.07 Å². The van der Waals surface area contributed by atoms with E-state index in [1.165, 1.54) is 10.9 Å². The van der Waals surface area contributed by atoms with Crippen LogP contribution in [-0.4, -0.2) is 4.98 Å². The van der Waals surface area contributed by atoms with Crippen LogP contribution in [0.5, 0.6) is 0 Å². The number of aromatic nitrogens is 1. The first-order valence-electron chi connectivity index (χ1n) is 5.03. The number of pyridine rings is 1. The Kier molecular flexibility index (Phi) is 2.64. The fourth-order valence-corrected chi connectivity index (χ4v) is 1.73. The summed E-state index contributed by atoms with van der Waals surface area (Å²) in [5.74, 6) is 0. The standard InChI is InChI=1S/C13H12N2/c1-10-9-11(5-4-8-14)15-13-7-3-2-6-12(10)13/h2-3,6-7,9H,4-5H2,1H3. The molecule has 0 aliphatic carbocycles. The van der Waals surface area contributed by atoms with Gasteiger partial charge in [-0.05, 0) is 24.6 Å². The summed E-state index contributed by atoms with van der Waals surface area (Å²) in [6.07, 6.45) is 1.27. The van der Waals surface area contributed by atoms with Gasteiger partial charge in [0.15, 0.2) is 0 Å². The minimum Gasteiger partial charge on any atom is -0.253 e. The van der Waals surface area contributed by atoms with Gasteiger partial charge in [0.1, 0.15) is 0 Å². The lowest BCUT2D eigenvalue weighted by atomic mass is 10.1. The number of aryl methyl sites for hydroxylation is 2. The number of fused-ring (bicyclic) bond motifs is 1. The molecule has 2 nitrogen and oxygen atoms in total. The van der Waals surface area contributed by atoms with Crippen molar-refractivity contribution in [2.24, 2.45) is 0 Å². The maximum atomic E-state index is 8.53. The zero-order chi connectivity index (χ0) is 10.7. The van der Waals surface area contributed by atoms with Gasteiger partial charge in [-0.25, -0.2) is 0 Å². The molecule has 0 radical (unpaired) electrons. The van der Waals surface area contributed by atoms with Crippen LogP contribution in [0.15, 0.2) is 30.3 Å². The van der Waals surface area contributed by atoms with Crippen molar-refractivity contribution in [3.05, 3.63) is 41.6 Å². The second-order valence-corrected chi connectivity index (χ2v) is 3.61. The first-order valence-corrected chi connectivity index (χ1v) is 5.03. The molecule has 15 heavy (non-hydrogen) atoms. The molecule has 1 heterocycles. The summed E-state index contributed by atoms with van der Waals surface area (Å²) in [5.41, 5.74) is 3.26. The molecule has 0 fully saturated rings. The molecule has 0 saturated carbocycles. The van der Waals surface area contributed by atoms with E-state index in [9.17, 15) is 0 Å². The summed E-state index contributed by atoms with van der Waals surface area (Å²) in [6, 6.07) is 12.3. The van der Waals surface area contributed by atoms with E-state index in [1.807, 2.05) is 18.2 Å². The zero-order valence-corrected chi connectivity index (χ0v) is 8.70. The third-order valence-electron chi connectivity index (χ3n) is 2.47. The lowest BCUT2D eigenvalue weighted by molar-refractivity contribution is 0.960. The van der Waals surface area contributed by atoms with Crippen molar-refractivity contribution in [1.82, 2.24) is 4.98 Å². The van der Waals surface area contributed by atoms with E-state index in [2.05, 4.69) is 30.1 Å². The first-order chi connectivity index (χ1) is 7.31. The molecule has 0 spiro atoms. The molecular formula is C13H12N2. The number of nitriles is 1. The third-order valence-corrected chi connectivity index (χ3v) is 2.47. The predicted octanol–water partition coefficient (Wildman–Crippen LogP) is 3.00. The van der Waals surface area contributed by atoms with Crippen molar-refractivity contribution in [2.45, 2.75) is 19.8 Å². The minimum absolute atomic E-state index is 0.533. The van der Waals surface area contributed by atoms with Crippen LogP contribution in [0.1, 0.15) is 17.7 Å². The molecule has 0 atom stereocenters. The summed E-state index contributed by atoms with van der Waals surface area (Å²) in [5, 5.41) is 9.73. The monoisotopic (exact) mass is 196 g/mol. The van der Waals surface area contributed by atoms with Gasteiger partial charge in [0.2, 0.25) is 0 Å². The Labute approximate surface area is 89.2 Å². The highest BCUT2D eigenvalue weighted by atomic mass is 14.7. The summed E-state index contributed by atoms with van der Waals surface area (Å²) >= 11 is 0. The summed E-state index contributed by atoms with van der Waals surface area (Å²) in [6.45, 7) is 2.08. The van der Waals surface area contributed by atoms with Gasteiger partial charge >= 0.3 is 0 Å². The van der Waals surface area contributed by atoms with Gasteiger partial charge < -0.3 is 0 Å². The van der Waals surface area contributed by atoms with E-state index < -0.39 is 0 Å². The summed E-state index contributed by atoms with van der Waals surface area (Å²) in [7, 11) is 0. The van der Waals surface area contributed by atoms with Gasteiger partial charge in [0, 0.05) is 23.9 Å². The lowest BCUT2D eigenvalue weighted by Gasteiger charge is -2.04. The van der Waals surface area contributed by atoms with Crippen LogP contribution in [0, 0.1) is 18.3 Å². The van der Waals surface area contributed by atoms with Crippen molar-refractivity contribution in [3.63, 3.8) is 0 Å². The van der Waals surface area contributed by atoms with Gasteiger partial charge in [-0.3, -0.25) is 4.98 Å². The van der Waals surface area contributed by atoms with Crippen LogP contribution in [0.2, 0.25) is 0 Å². The van der Waals surface area contributed by atoms with E-state index in [0.717, 1.165) is 17.6 Å². The van der Waals surface area contributed by atoms with Crippen LogP contribution in [0.25, 0.3) is 10.9 Å². The quantitative estimate of drug-likeness (QED) is 0.740. The highest BCUT2D eigenvalue weighted by Crippen LogP contribution is 2.17. The molecule has 2 rings (SSSR count). The van der Waals surface area contributed by atoms with Crippen molar-refractivity contribution < 1.29 is 0 Å². The van der Waals surface area contributed by atoms with Gasteiger partial charge in [-0.15, -0.1) is 0 Å². The number of hydrogen-bond acceptors (Lipinski definition) is 2. The predicted molar refractivity (Wildman–Crippen MR) is 60.4 cm³/mol. The molecule has 1 aromatic carbocycles. The Morgan fingerprint density at radius 1 is 1.33 bits per heavy atom. The van der Waals surface area contributed by atoms with Crippen LogP contribution < -0.4 is 0 Å². The zero-order valence-electron chi connectivity index (χ0n) is 8.70. The van der Waals surface area contributed by atoms with E-state index in [1.54, 1.807) is 0 Å². The third kappa shape index (κ3) is 1.97. The molecule has 74 valence electrons. The average Bonchev–Trinajstić information content (AvgIpc) is 2.26. The summed E-state index contributed by atoms with van der Waals surface area (Å²) < 4.78 is 0. The average molecular weight is 196 g/mol. The fourth-order valence-electron chi connectivity index (χ4n) is 1.73. The van der Waals surface area contributed by atoms with Gasteiger partial charge in [0.25, 0.3) is 0 Å². The largest absolute Gasteiger partial charge is 0.253 e. The number of rotatable bonds is 2. The van der Waals surface area contributed by atoms with Crippen LogP contribution in [0.4, 0.5) is 0 Å². The van der Waals surface area contributed by atoms with Crippen LogP contribution >= 0.6 is 0 Å². The van der Waals surface area contributed by atoms with Crippen LogP contribution in [-0.2, 0) is 6.42 Å². The Morgan fingerprint density at radius 2 is 2.13 bits per heavy atom. The Bertz CT molecular complexity index is 524. The molecular weight excluding hydrogens is 184 g/mol. The SMILES string of the molecule is Cc1cc(CCC#N)nc2ccccc12. The van der Waals surface area contributed by atoms with E-state index in [-0.39, 0.29) is 0 Å². The minimum atomic E-state index is 0.533. The van der Waals surface area contributed by atoms with Crippen LogP contribution in [0.3, 0.4) is 0 Å². The highest BCUT2D eigenvalue weighted by Gasteiger charge is 2.01. The van der Waals surface area contributed by atoms with E-state index in [0.29, 0.717) is 6.42 Å². The fraction of sp³-hybridized carbons (Fsp3) is 0.231. The second kappa shape index (κ2) is 4.10. The number of benzene rings is 1. The lowest BCUT2D eigenvalue weighted by Crippen LogP contribution is -1.92. The number of nitrogens with zero attached hydrogens (tertiary/aromatic N) is 2. The van der Waals surface area contributed by atoms with E-state index >= 15 is 0 Å². The molecule has 0 N–H and O–H groups in total. The van der Waals surface area contributed by atoms with Gasteiger partial charge in [0.05, 0.1) is 11.6 Å². The van der Waals surface area contributed by atoms with Gasteiger partial charge in [-0.1, -0.05) is 18.2 Å². The molecule has 0 amide bonds. The van der Waals surface area contributed by atoms with Crippen molar-refractivity contribution in [2.75, 3.05) is 0 Å². The molecule has 0 aliphatic heterocycles. The molecule has 2 heteroatoms. The van der Waals surface area contributed by atoms with E-state index in [4.69, 9.17) is 5.26 Å². The molecule has 0 aliphatic rings.